The number of carbonyl (C=O) groups excluding carboxylic acids is 1. The highest BCUT2D eigenvalue weighted by atomic mass is 32.2. The first kappa shape index (κ1) is 14.5. The number of carbonyl (C=O) groups is 2. The molecule has 0 saturated carbocycles. The Morgan fingerprint density at radius 3 is 2.70 bits per heavy atom. The van der Waals surface area contributed by atoms with Gasteiger partial charge in [-0.05, 0) is 25.6 Å². The van der Waals surface area contributed by atoms with Gasteiger partial charge in [-0.15, -0.1) is 0 Å². The van der Waals surface area contributed by atoms with E-state index in [1.165, 1.54) is 24.1 Å². The maximum absolute atomic E-state index is 12.1. The molecule has 0 spiro atoms. The highest BCUT2D eigenvalue weighted by Gasteiger charge is 2.33. The van der Waals surface area contributed by atoms with Crippen LogP contribution in [0.1, 0.15) is 17.0 Å². The van der Waals surface area contributed by atoms with Crippen LogP contribution in [-0.4, -0.2) is 50.4 Å². The number of amides is 1. The van der Waals surface area contributed by atoms with Crippen molar-refractivity contribution in [2.45, 2.75) is 11.5 Å². The van der Waals surface area contributed by atoms with E-state index in [2.05, 4.69) is 4.72 Å². The first-order valence-electron chi connectivity index (χ1n) is 5.90. The highest BCUT2D eigenvalue weighted by molar-refractivity contribution is 7.89. The third-order valence-corrected chi connectivity index (χ3v) is 4.44. The lowest BCUT2D eigenvalue weighted by Gasteiger charge is -2.13. The number of aliphatic carboxylic acids is 1. The molecule has 110 valence electrons. The molecule has 0 aromatic carbocycles. The predicted octanol–water partition coefficient (Wildman–Crippen LogP) is -0.266. The van der Waals surface area contributed by atoms with Crippen LogP contribution < -0.4 is 4.72 Å². The second-order valence-corrected chi connectivity index (χ2v) is 6.22. The number of nitrogens with zero attached hydrogens (tertiary/aromatic N) is 1. The van der Waals surface area contributed by atoms with Gasteiger partial charge in [-0.2, -0.15) is 0 Å². The standard InChI is InChI=1S/C11H14N2O6S/c1-12-20(17,18)9-3-2-8(19-9)10(14)13-5-4-7(6-13)11(15)16/h2-3,7,12H,4-6H2,1H3,(H,15,16). The van der Waals surface area contributed by atoms with Gasteiger partial charge in [-0.3, -0.25) is 9.59 Å². The van der Waals surface area contributed by atoms with Gasteiger partial charge in [0.15, 0.2) is 5.76 Å². The Morgan fingerprint density at radius 2 is 2.15 bits per heavy atom. The molecule has 1 aliphatic rings. The minimum Gasteiger partial charge on any atom is -0.481 e. The molecule has 1 amide bonds. The van der Waals surface area contributed by atoms with E-state index >= 15 is 0 Å². The lowest BCUT2D eigenvalue weighted by Crippen LogP contribution is -2.29. The molecule has 2 N–H and O–H groups in total. The minimum atomic E-state index is -3.74. The fourth-order valence-electron chi connectivity index (χ4n) is 1.98. The van der Waals surface area contributed by atoms with E-state index in [-0.39, 0.29) is 17.4 Å². The topological polar surface area (TPSA) is 117 Å². The van der Waals surface area contributed by atoms with E-state index in [4.69, 9.17) is 9.52 Å². The zero-order chi connectivity index (χ0) is 14.9. The molecule has 1 saturated heterocycles. The second-order valence-electron chi connectivity index (χ2n) is 4.40. The van der Waals surface area contributed by atoms with Crippen LogP contribution in [0.5, 0.6) is 0 Å². The Morgan fingerprint density at radius 1 is 1.45 bits per heavy atom. The van der Waals surface area contributed by atoms with Crippen LogP contribution in [-0.2, 0) is 14.8 Å². The van der Waals surface area contributed by atoms with Gasteiger partial charge in [0.1, 0.15) is 0 Å². The number of nitrogens with one attached hydrogen (secondary N) is 1. The average molecular weight is 302 g/mol. The van der Waals surface area contributed by atoms with E-state index < -0.39 is 27.8 Å². The van der Waals surface area contributed by atoms with Crippen LogP contribution in [0.15, 0.2) is 21.6 Å². The van der Waals surface area contributed by atoms with Crippen LogP contribution in [0.2, 0.25) is 0 Å². The zero-order valence-electron chi connectivity index (χ0n) is 10.7. The van der Waals surface area contributed by atoms with Gasteiger partial charge < -0.3 is 14.4 Å². The van der Waals surface area contributed by atoms with Crippen LogP contribution >= 0.6 is 0 Å². The summed E-state index contributed by atoms with van der Waals surface area (Å²) in [6, 6.07) is 2.45. The van der Waals surface area contributed by atoms with Crippen molar-refractivity contribution in [2.75, 3.05) is 20.1 Å². The number of rotatable bonds is 4. The number of likely N-dealkylation sites (tertiary alicyclic amines) is 1. The Hall–Kier alpha value is -1.87. The molecule has 0 radical (unpaired) electrons. The van der Waals surface area contributed by atoms with E-state index in [0.29, 0.717) is 13.0 Å². The molecule has 2 rings (SSSR count). The number of hydrogen-bond donors (Lipinski definition) is 2. The SMILES string of the molecule is CNS(=O)(=O)c1ccc(C(=O)N2CCC(C(=O)O)C2)o1. The van der Waals surface area contributed by atoms with Gasteiger partial charge in [-0.25, -0.2) is 13.1 Å². The molecular weight excluding hydrogens is 288 g/mol. The molecule has 0 bridgehead atoms. The van der Waals surface area contributed by atoms with Crippen LogP contribution in [0.3, 0.4) is 0 Å². The molecule has 1 aliphatic heterocycles. The molecule has 1 fully saturated rings. The third kappa shape index (κ3) is 2.68. The zero-order valence-corrected chi connectivity index (χ0v) is 11.5. The van der Waals surface area contributed by atoms with Crippen molar-refractivity contribution in [2.24, 2.45) is 5.92 Å². The van der Waals surface area contributed by atoms with E-state index in [1.54, 1.807) is 0 Å². The molecule has 0 aliphatic carbocycles. The summed E-state index contributed by atoms with van der Waals surface area (Å²) in [5.41, 5.74) is 0. The van der Waals surface area contributed by atoms with Gasteiger partial charge in [0.05, 0.1) is 5.92 Å². The van der Waals surface area contributed by atoms with Crippen molar-refractivity contribution in [3.63, 3.8) is 0 Å². The normalized spacial score (nSPS) is 19.2. The number of carboxylic acid groups (broad SMARTS) is 1. The smallest absolute Gasteiger partial charge is 0.308 e. The maximum atomic E-state index is 12.1. The molecular formula is C11H14N2O6S. The van der Waals surface area contributed by atoms with Crippen molar-refractivity contribution in [1.29, 1.82) is 0 Å². The van der Waals surface area contributed by atoms with Gasteiger partial charge in [-0.1, -0.05) is 0 Å². The lowest BCUT2D eigenvalue weighted by molar-refractivity contribution is -0.141. The summed E-state index contributed by atoms with van der Waals surface area (Å²) < 4.78 is 30.1. The van der Waals surface area contributed by atoms with Gasteiger partial charge >= 0.3 is 5.97 Å². The van der Waals surface area contributed by atoms with Gasteiger partial charge in [0.25, 0.3) is 15.9 Å². The van der Waals surface area contributed by atoms with Crippen LogP contribution in [0.25, 0.3) is 0 Å². The Labute approximate surface area is 115 Å². The number of hydrogen-bond acceptors (Lipinski definition) is 5. The fraction of sp³-hybridized carbons (Fsp3) is 0.455. The Bertz CT molecular complexity index is 635. The summed E-state index contributed by atoms with van der Waals surface area (Å²) in [5, 5.41) is 8.53. The highest BCUT2D eigenvalue weighted by Crippen LogP contribution is 2.21. The lowest BCUT2D eigenvalue weighted by atomic mass is 10.1. The van der Waals surface area contributed by atoms with E-state index in [1.807, 2.05) is 0 Å². The average Bonchev–Trinajstić information content (AvgIpc) is 3.07. The quantitative estimate of drug-likeness (QED) is 0.791. The van der Waals surface area contributed by atoms with Crippen molar-refractivity contribution >= 4 is 21.9 Å². The summed E-state index contributed by atoms with van der Waals surface area (Å²) in [6.45, 7) is 0.410. The summed E-state index contributed by atoms with van der Waals surface area (Å²) in [7, 11) is -2.51. The molecule has 8 nitrogen and oxygen atoms in total. The molecule has 1 unspecified atom stereocenters. The molecule has 9 heteroatoms. The monoisotopic (exact) mass is 302 g/mol. The summed E-state index contributed by atoms with van der Waals surface area (Å²) in [6.07, 6.45) is 0.378. The maximum Gasteiger partial charge on any atom is 0.308 e. The number of furan rings is 1. The second kappa shape index (κ2) is 5.25. The van der Waals surface area contributed by atoms with E-state index in [9.17, 15) is 18.0 Å². The molecule has 1 atom stereocenters. The molecule has 1 aromatic heterocycles. The summed E-state index contributed by atoms with van der Waals surface area (Å²) in [4.78, 5) is 24.2. The first-order chi connectivity index (χ1) is 9.35. The fourth-order valence-corrected chi connectivity index (χ4v) is 2.63. The third-order valence-electron chi connectivity index (χ3n) is 3.15. The first-order valence-corrected chi connectivity index (χ1v) is 7.39. The van der Waals surface area contributed by atoms with Crippen molar-refractivity contribution in [3.8, 4) is 0 Å². The number of carboxylic acids is 1. The molecule has 20 heavy (non-hydrogen) atoms. The van der Waals surface area contributed by atoms with E-state index in [0.717, 1.165) is 0 Å². The van der Waals surface area contributed by atoms with Crippen LogP contribution in [0, 0.1) is 5.92 Å². The predicted molar refractivity (Wildman–Crippen MR) is 66.6 cm³/mol. The molecule has 1 aromatic rings. The molecule has 2 heterocycles. The summed E-state index contributed by atoms with van der Waals surface area (Å²) >= 11 is 0. The van der Waals surface area contributed by atoms with Gasteiger partial charge in [0, 0.05) is 13.1 Å². The Kier molecular flexibility index (Phi) is 3.82. The van der Waals surface area contributed by atoms with Crippen molar-refractivity contribution in [1.82, 2.24) is 9.62 Å². The van der Waals surface area contributed by atoms with Crippen molar-refractivity contribution < 1.29 is 27.5 Å². The largest absolute Gasteiger partial charge is 0.481 e. The van der Waals surface area contributed by atoms with Crippen molar-refractivity contribution in [3.05, 3.63) is 17.9 Å². The minimum absolute atomic E-state index is 0.100. The van der Waals surface area contributed by atoms with Crippen LogP contribution in [0.4, 0.5) is 0 Å². The number of sulfonamides is 1. The summed E-state index contributed by atoms with van der Waals surface area (Å²) in [5.74, 6) is -2.16. The Balaban J connectivity index is 2.14. The van der Waals surface area contributed by atoms with Gasteiger partial charge in [0.2, 0.25) is 5.09 Å².